The van der Waals surface area contributed by atoms with Crippen molar-refractivity contribution in [2.75, 3.05) is 18.0 Å². The molecule has 1 aliphatic rings. The Bertz CT molecular complexity index is 297. The summed E-state index contributed by atoms with van der Waals surface area (Å²) in [7, 11) is 0. The Morgan fingerprint density at radius 3 is 2.64 bits per heavy atom. The zero-order valence-electron chi connectivity index (χ0n) is 8.12. The largest absolute Gasteiger partial charge is 0.370 e. The summed E-state index contributed by atoms with van der Waals surface area (Å²) in [6.07, 6.45) is 2.33. The number of nitrogens with two attached hydrogens (primary N) is 1. The summed E-state index contributed by atoms with van der Waals surface area (Å²) < 4.78 is 0. The Morgan fingerprint density at radius 1 is 1.29 bits per heavy atom. The van der Waals surface area contributed by atoms with Crippen molar-refractivity contribution < 1.29 is 0 Å². The number of nitrogens with zero attached hydrogens (tertiary/aromatic N) is 1. The number of piperidine rings is 1. The summed E-state index contributed by atoms with van der Waals surface area (Å²) >= 11 is 5.84. The molecule has 0 aromatic heterocycles. The first-order valence-corrected chi connectivity index (χ1v) is 5.39. The highest BCUT2D eigenvalue weighted by molar-refractivity contribution is 6.30. The van der Waals surface area contributed by atoms with Crippen molar-refractivity contribution in [3.63, 3.8) is 0 Å². The van der Waals surface area contributed by atoms with Crippen molar-refractivity contribution in [1.29, 1.82) is 0 Å². The van der Waals surface area contributed by atoms with E-state index in [2.05, 4.69) is 17.0 Å². The summed E-state index contributed by atoms with van der Waals surface area (Å²) in [4.78, 5) is 2.32. The second-order valence-electron chi connectivity index (χ2n) is 3.82. The fraction of sp³-hybridized carbons (Fsp3) is 0.455. The van der Waals surface area contributed by atoms with Crippen LogP contribution in [0.1, 0.15) is 12.8 Å². The SMILES string of the molecule is N[C@H]1CCCN(c2ccc(Cl)cc2)C1. The van der Waals surface area contributed by atoms with Crippen LogP contribution in [0.5, 0.6) is 0 Å². The minimum atomic E-state index is 0.319. The molecule has 1 saturated heterocycles. The third-order valence-electron chi connectivity index (χ3n) is 2.65. The van der Waals surface area contributed by atoms with Gasteiger partial charge >= 0.3 is 0 Å². The van der Waals surface area contributed by atoms with Crippen molar-refractivity contribution in [2.45, 2.75) is 18.9 Å². The van der Waals surface area contributed by atoms with Crippen molar-refractivity contribution in [2.24, 2.45) is 5.73 Å². The van der Waals surface area contributed by atoms with Gasteiger partial charge in [-0.05, 0) is 37.1 Å². The van der Waals surface area contributed by atoms with Gasteiger partial charge in [-0.3, -0.25) is 0 Å². The third kappa shape index (κ3) is 2.20. The van der Waals surface area contributed by atoms with Crippen LogP contribution in [0, 0.1) is 0 Å². The zero-order valence-corrected chi connectivity index (χ0v) is 8.87. The van der Waals surface area contributed by atoms with Crippen molar-refractivity contribution >= 4 is 17.3 Å². The van der Waals surface area contributed by atoms with E-state index in [4.69, 9.17) is 17.3 Å². The second-order valence-corrected chi connectivity index (χ2v) is 4.26. The highest BCUT2D eigenvalue weighted by atomic mass is 35.5. The van der Waals surface area contributed by atoms with Gasteiger partial charge in [0, 0.05) is 29.8 Å². The molecule has 2 N–H and O–H groups in total. The second kappa shape index (κ2) is 4.20. The summed E-state index contributed by atoms with van der Waals surface area (Å²) in [5.41, 5.74) is 7.15. The van der Waals surface area contributed by atoms with Crippen LogP contribution in [-0.4, -0.2) is 19.1 Å². The Morgan fingerprint density at radius 2 is 2.00 bits per heavy atom. The van der Waals surface area contributed by atoms with Crippen LogP contribution in [0.15, 0.2) is 24.3 Å². The highest BCUT2D eigenvalue weighted by Gasteiger charge is 2.16. The number of hydrogen-bond acceptors (Lipinski definition) is 2. The van der Waals surface area contributed by atoms with Gasteiger partial charge in [0.05, 0.1) is 0 Å². The molecule has 3 heteroatoms. The van der Waals surface area contributed by atoms with Crippen LogP contribution in [-0.2, 0) is 0 Å². The molecule has 0 aliphatic carbocycles. The molecule has 0 spiro atoms. The molecule has 1 atom stereocenters. The van der Waals surface area contributed by atoms with Crippen LogP contribution >= 0.6 is 11.6 Å². The monoisotopic (exact) mass is 210 g/mol. The summed E-state index contributed by atoms with van der Waals surface area (Å²) in [6.45, 7) is 2.07. The molecule has 1 aromatic carbocycles. The molecule has 0 radical (unpaired) electrons. The lowest BCUT2D eigenvalue weighted by atomic mass is 10.1. The summed E-state index contributed by atoms with van der Waals surface area (Å²) in [6, 6.07) is 8.29. The quantitative estimate of drug-likeness (QED) is 0.771. The van der Waals surface area contributed by atoms with Crippen molar-refractivity contribution in [3.8, 4) is 0 Å². The first-order chi connectivity index (χ1) is 6.75. The molecule has 2 rings (SSSR count). The van der Waals surface area contributed by atoms with Crippen LogP contribution in [0.25, 0.3) is 0 Å². The van der Waals surface area contributed by atoms with Crippen molar-refractivity contribution in [3.05, 3.63) is 29.3 Å². The third-order valence-corrected chi connectivity index (χ3v) is 2.90. The highest BCUT2D eigenvalue weighted by Crippen LogP contribution is 2.21. The molecular formula is C11H15ClN2. The van der Waals surface area contributed by atoms with Gasteiger partial charge < -0.3 is 10.6 Å². The van der Waals surface area contributed by atoms with Crippen LogP contribution < -0.4 is 10.6 Å². The minimum absolute atomic E-state index is 0.319. The smallest absolute Gasteiger partial charge is 0.0407 e. The molecule has 1 fully saturated rings. The summed E-state index contributed by atoms with van der Waals surface area (Å²) in [5.74, 6) is 0. The average molecular weight is 211 g/mol. The summed E-state index contributed by atoms with van der Waals surface area (Å²) in [5, 5.41) is 0.787. The Hall–Kier alpha value is -0.730. The first-order valence-electron chi connectivity index (χ1n) is 5.02. The van der Waals surface area contributed by atoms with Gasteiger partial charge in [-0.15, -0.1) is 0 Å². The molecule has 0 bridgehead atoms. The molecule has 14 heavy (non-hydrogen) atoms. The Balaban J connectivity index is 2.10. The van der Waals surface area contributed by atoms with Crippen LogP contribution in [0.4, 0.5) is 5.69 Å². The molecule has 0 amide bonds. The van der Waals surface area contributed by atoms with Gasteiger partial charge in [0.15, 0.2) is 0 Å². The van der Waals surface area contributed by atoms with Gasteiger partial charge in [0.25, 0.3) is 0 Å². The van der Waals surface area contributed by atoms with E-state index in [-0.39, 0.29) is 0 Å². The maximum absolute atomic E-state index is 5.92. The molecule has 0 unspecified atom stereocenters. The van der Waals surface area contributed by atoms with E-state index < -0.39 is 0 Å². The first kappa shape index (κ1) is 9.81. The predicted molar refractivity (Wildman–Crippen MR) is 60.9 cm³/mol. The lowest BCUT2D eigenvalue weighted by Crippen LogP contribution is -2.42. The number of anilines is 1. The van der Waals surface area contributed by atoms with E-state index in [1.165, 1.54) is 12.1 Å². The van der Waals surface area contributed by atoms with Crippen LogP contribution in [0.2, 0.25) is 5.02 Å². The number of halogens is 1. The fourth-order valence-electron chi connectivity index (χ4n) is 1.90. The molecular weight excluding hydrogens is 196 g/mol. The van der Waals surface area contributed by atoms with Gasteiger partial charge in [-0.25, -0.2) is 0 Å². The molecule has 1 aliphatic heterocycles. The van der Waals surface area contributed by atoms with E-state index in [1.54, 1.807) is 0 Å². The Labute approximate surface area is 89.7 Å². The maximum Gasteiger partial charge on any atom is 0.0407 e. The number of rotatable bonds is 1. The van der Waals surface area contributed by atoms with Gasteiger partial charge in [0.2, 0.25) is 0 Å². The molecule has 76 valence electrons. The Kier molecular flexibility index (Phi) is 2.94. The zero-order chi connectivity index (χ0) is 9.97. The van der Waals surface area contributed by atoms with Gasteiger partial charge in [-0.2, -0.15) is 0 Å². The van der Waals surface area contributed by atoms with E-state index in [0.29, 0.717) is 6.04 Å². The number of benzene rings is 1. The van der Waals surface area contributed by atoms with Gasteiger partial charge in [0.1, 0.15) is 0 Å². The number of hydrogen-bond donors (Lipinski definition) is 1. The molecule has 0 saturated carbocycles. The molecule has 1 heterocycles. The van der Waals surface area contributed by atoms with Crippen LogP contribution in [0.3, 0.4) is 0 Å². The maximum atomic E-state index is 5.92. The lowest BCUT2D eigenvalue weighted by molar-refractivity contribution is 0.506. The van der Waals surface area contributed by atoms with Gasteiger partial charge in [-0.1, -0.05) is 11.6 Å². The predicted octanol–water partition coefficient (Wildman–Crippen LogP) is 2.27. The normalized spacial score (nSPS) is 22.4. The topological polar surface area (TPSA) is 29.3 Å². The fourth-order valence-corrected chi connectivity index (χ4v) is 2.02. The van der Waals surface area contributed by atoms with E-state index in [9.17, 15) is 0 Å². The minimum Gasteiger partial charge on any atom is -0.370 e. The average Bonchev–Trinajstić information content (AvgIpc) is 2.19. The lowest BCUT2D eigenvalue weighted by Gasteiger charge is -2.32. The van der Waals surface area contributed by atoms with Crippen molar-refractivity contribution in [1.82, 2.24) is 0 Å². The molecule has 2 nitrogen and oxygen atoms in total. The molecule has 1 aromatic rings. The van der Waals surface area contributed by atoms with E-state index in [1.807, 2.05) is 12.1 Å². The van der Waals surface area contributed by atoms with E-state index in [0.717, 1.165) is 24.5 Å². The standard InChI is InChI=1S/C11H15ClN2/c12-9-3-5-11(6-4-9)14-7-1-2-10(13)8-14/h3-6,10H,1-2,7-8,13H2/t10-/m0/s1. The van der Waals surface area contributed by atoms with E-state index >= 15 is 0 Å².